The van der Waals surface area contributed by atoms with Crippen molar-refractivity contribution in [2.24, 2.45) is 5.11 Å². The second-order valence-corrected chi connectivity index (χ2v) is 4.19. The van der Waals surface area contributed by atoms with Crippen LogP contribution in [0.5, 0.6) is 0 Å². The number of rotatable bonds is 5. The van der Waals surface area contributed by atoms with Gasteiger partial charge in [0.05, 0.1) is 6.10 Å². The summed E-state index contributed by atoms with van der Waals surface area (Å²) in [6.07, 6.45) is -1.74. The van der Waals surface area contributed by atoms with Crippen LogP contribution in [0.4, 0.5) is 0 Å². The highest BCUT2D eigenvalue weighted by molar-refractivity contribution is 6.30. The SMILES string of the molecule is Cc1cc(Cl)ccc1C(O)C(O)CCN=[N+]=[N-]. The topological polar surface area (TPSA) is 89.2 Å². The van der Waals surface area contributed by atoms with E-state index < -0.39 is 12.2 Å². The molecule has 0 aliphatic heterocycles. The highest BCUT2D eigenvalue weighted by Gasteiger charge is 2.19. The van der Waals surface area contributed by atoms with E-state index in [9.17, 15) is 10.2 Å². The molecule has 1 rings (SSSR count). The van der Waals surface area contributed by atoms with Gasteiger partial charge in [0.2, 0.25) is 0 Å². The molecule has 2 unspecified atom stereocenters. The lowest BCUT2D eigenvalue weighted by atomic mass is 9.98. The van der Waals surface area contributed by atoms with E-state index in [-0.39, 0.29) is 13.0 Å². The smallest absolute Gasteiger partial charge is 0.105 e. The van der Waals surface area contributed by atoms with Crippen LogP contribution in [0.25, 0.3) is 10.4 Å². The van der Waals surface area contributed by atoms with Gasteiger partial charge in [-0.3, -0.25) is 0 Å². The highest BCUT2D eigenvalue weighted by atomic mass is 35.5. The van der Waals surface area contributed by atoms with Crippen molar-refractivity contribution in [3.05, 3.63) is 44.8 Å². The Morgan fingerprint density at radius 3 is 2.76 bits per heavy atom. The second-order valence-electron chi connectivity index (χ2n) is 3.76. The molecule has 0 saturated carbocycles. The molecule has 17 heavy (non-hydrogen) atoms. The molecule has 0 aliphatic rings. The van der Waals surface area contributed by atoms with Gasteiger partial charge in [0.15, 0.2) is 0 Å². The zero-order valence-corrected chi connectivity index (χ0v) is 10.2. The third-order valence-corrected chi connectivity index (χ3v) is 2.74. The van der Waals surface area contributed by atoms with Crippen LogP contribution in [0.1, 0.15) is 23.7 Å². The Morgan fingerprint density at radius 1 is 1.47 bits per heavy atom. The molecule has 6 heteroatoms. The summed E-state index contributed by atoms with van der Waals surface area (Å²) in [7, 11) is 0. The van der Waals surface area contributed by atoms with Gasteiger partial charge in [-0.05, 0) is 42.1 Å². The van der Waals surface area contributed by atoms with E-state index in [1.807, 2.05) is 6.92 Å². The van der Waals surface area contributed by atoms with Gasteiger partial charge < -0.3 is 10.2 Å². The van der Waals surface area contributed by atoms with Crippen molar-refractivity contribution in [2.45, 2.75) is 25.6 Å². The summed E-state index contributed by atoms with van der Waals surface area (Å²) >= 11 is 5.80. The number of hydrogen-bond acceptors (Lipinski definition) is 3. The lowest BCUT2D eigenvalue weighted by molar-refractivity contribution is 0.0147. The van der Waals surface area contributed by atoms with Crippen LogP contribution in [-0.2, 0) is 0 Å². The van der Waals surface area contributed by atoms with Crippen LogP contribution in [0.3, 0.4) is 0 Å². The first-order chi connectivity index (χ1) is 8.06. The summed E-state index contributed by atoms with van der Waals surface area (Å²) in [4.78, 5) is 2.58. The van der Waals surface area contributed by atoms with Crippen LogP contribution in [0, 0.1) is 6.92 Å². The van der Waals surface area contributed by atoms with Crippen LogP contribution in [0.15, 0.2) is 23.3 Å². The fraction of sp³-hybridized carbons (Fsp3) is 0.455. The van der Waals surface area contributed by atoms with E-state index >= 15 is 0 Å². The number of aliphatic hydroxyl groups excluding tert-OH is 2. The molecule has 0 aliphatic carbocycles. The fourth-order valence-electron chi connectivity index (χ4n) is 1.57. The minimum atomic E-state index is -0.999. The molecule has 0 fully saturated rings. The minimum absolute atomic E-state index is 0.154. The molecule has 1 aromatic rings. The third-order valence-electron chi connectivity index (χ3n) is 2.50. The zero-order chi connectivity index (χ0) is 12.8. The first-order valence-corrected chi connectivity index (χ1v) is 5.57. The lowest BCUT2D eigenvalue weighted by Gasteiger charge is -2.19. The average molecular weight is 256 g/mol. The monoisotopic (exact) mass is 255 g/mol. The van der Waals surface area contributed by atoms with E-state index in [0.717, 1.165) is 5.56 Å². The normalized spacial score (nSPS) is 13.9. The number of benzene rings is 1. The minimum Gasteiger partial charge on any atom is -0.390 e. The molecule has 0 heterocycles. The summed E-state index contributed by atoms with van der Waals surface area (Å²) in [5.41, 5.74) is 9.55. The Kier molecular flexibility index (Phi) is 5.25. The number of azide groups is 1. The number of aliphatic hydroxyl groups is 2. The number of halogens is 1. The maximum atomic E-state index is 9.93. The summed E-state index contributed by atoms with van der Waals surface area (Å²) in [5.74, 6) is 0. The van der Waals surface area contributed by atoms with Crippen LogP contribution < -0.4 is 0 Å². The highest BCUT2D eigenvalue weighted by Crippen LogP contribution is 2.24. The Balaban J connectivity index is 2.73. The van der Waals surface area contributed by atoms with Crippen molar-refractivity contribution in [1.29, 1.82) is 0 Å². The molecule has 0 radical (unpaired) electrons. The van der Waals surface area contributed by atoms with Crippen LogP contribution >= 0.6 is 11.6 Å². The number of hydrogen-bond donors (Lipinski definition) is 2. The van der Waals surface area contributed by atoms with Gasteiger partial charge in [-0.1, -0.05) is 22.8 Å². The zero-order valence-electron chi connectivity index (χ0n) is 9.41. The predicted octanol–water partition coefficient (Wildman–Crippen LogP) is 2.74. The van der Waals surface area contributed by atoms with Crippen molar-refractivity contribution >= 4 is 11.6 Å². The van der Waals surface area contributed by atoms with Crippen molar-refractivity contribution in [2.75, 3.05) is 6.54 Å². The van der Waals surface area contributed by atoms with Gasteiger partial charge in [0.25, 0.3) is 0 Å². The molecule has 5 nitrogen and oxygen atoms in total. The summed E-state index contributed by atoms with van der Waals surface area (Å²) in [5, 5.41) is 23.6. The first-order valence-electron chi connectivity index (χ1n) is 5.19. The molecule has 92 valence electrons. The Morgan fingerprint density at radius 2 is 2.18 bits per heavy atom. The van der Waals surface area contributed by atoms with Crippen LogP contribution in [-0.4, -0.2) is 22.9 Å². The Labute approximate surface area is 104 Å². The maximum absolute atomic E-state index is 9.93. The molecular formula is C11H14ClN3O2. The molecule has 0 saturated heterocycles. The van der Waals surface area contributed by atoms with Gasteiger partial charge in [-0.2, -0.15) is 0 Å². The largest absolute Gasteiger partial charge is 0.390 e. The fourth-order valence-corrected chi connectivity index (χ4v) is 1.80. The number of aryl methyl sites for hydroxylation is 1. The average Bonchev–Trinajstić information content (AvgIpc) is 2.28. The predicted molar refractivity (Wildman–Crippen MR) is 65.8 cm³/mol. The molecule has 0 aromatic heterocycles. The van der Waals surface area contributed by atoms with Gasteiger partial charge >= 0.3 is 0 Å². The van der Waals surface area contributed by atoms with Crippen LogP contribution in [0.2, 0.25) is 5.02 Å². The molecular weight excluding hydrogens is 242 g/mol. The van der Waals surface area contributed by atoms with Gasteiger partial charge in [-0.15, -0.1) is 0 Å². The Hall–Kier alpha value is -1.26. The maximum Gasteiger partial charge on any atom is 0.105 e. The van der Waals surface area contributed by atoms with Gasteiger partial charge in [0, 0.05) is 16.5 Å². The van der Waals surface area contributed by atoms with E-state index in [4.69, 9.17) is 17.1 Å². The van der Waals surface area contributed by atoms with Crippen molar-refractivity contribution in [3.8, 4) is 0 Å². The van der Waals surface area contributed by atoms with E-state index in [2.05, 4.69) is 10.0 Å². The van der Waals surface area contributed by atoms with Crippen molar-refractivity contribution in [3.63, 3.8) is 0 Å². The van der Waals surface area contributed by atoms with Crippen molar-refractivity contribution in [1.82, 2.24) is 0 Å². The standard InChI is InChI=1S/C11H14ClN3O2/c1-7-6-8(12)2-3-9(7)11(17)10(16)4-5-14-15-13/h2-3,6,10-11,16-17H,4-5H2,1H3. The second kappa shape index (κ2) is 6.47. The van der Waals surface area contributed by atoms with Gasteiger partial charge in [-0.25, -0.2) is 0 Å². The molecule has 0 bridgehead atoms. The first kappa shape index (κ1) is 13.8. The summed E-state index contributed by atoms with van der Waals surface area (Å²) in [6.45, 7) is 1.96. The molecule has 2 atom stereocenters. The third kappa shape index (κ3) is 3.91. The Bertz CT molecular complexity index is 433. The lowest BCUT2D eigenvalue weighted by Crippen LogP contribution is -2.19. The molecule has 1 aromatic carbocycles. The van der Waals surface area contributed by atoms with Crippen molar-refractivity contribution < 1.29 is 10.2 Å². The molecule has 0 spiro atoms. The molecule has 2 N–H and O–H groups in total. The van der Waals surface area contributed by atoms with E-state index in [0.29, 0.717) is 10.6 Å². The number of nitrogens with zero attached hydrogens (tertiary/aromatic N) is 3. The van der Waals surface area contributed by atoms with E-state index in [1.54, 1.807) is 18.2 Å². The van der Waals surface area contributed by atoms with E-state index in [1.165, 1.54) is 0 Å². The molecule has 0 amide bonds. The van der Waals surface area contributed by atoms with Gasteiger partial charge in [0.1, 0.15) is 6.10 Å². The summed E-state index contributed by atoms with van der Waals surface area (Å²) in [6, 6.07) is 5.06. The quantitative estimate of drug-likeness (QED) is 0.481. The summed E-state index contributed by atoms with van der Waals surface area (Å²) < 4.78 is 0.